The summed E-state index contributed by atoms with van der Waals surface area (Å²) >= 11 is 0. The third-order valence-electron chi connectivity index (χ3n) is 5.40. The van der Waals surface area contributed by atoms with Gasteiger partial charge in [0, 0.05) is 18.2 Å². The highest BCUT2D eigenvalue weighted by molar-refractivity contribution is 5.77. The van der Waals surface area contributed by atoms with Gasteiger partial charge in [0.15, 0.2) is 0 Å². The molecule has 0 aliphatic rings. The molecule has 0 unspecified atom stereocenters. The molecule has 162 valence electrons. The van der Waals surface area contributed by atoms with Crippen molar-refractivity contribution in [2.45, 2.75) is 39.0 Å². The van der Waals surface area contributed by atoms with E-state index in [-0.39, 0.29) is 12.5 Å². The maximum atomic E-state index is 11.2. The molecule has 0 bridgehead atoms. The van der Waals surface area contributed by atoms with Crippen LogP contribution in [-0.2, 0) is 17.8 Å². The summed E-state index contributed by atoms with van der Waals surface area (Å²) in [6.45, 7) is 4.54. The van der Waals surface area contributed by atoms with Gasteiger partial charge in [-0.15, -0.1) is 0 Å². The average Bonchev–Trinajstić information content (AvgIpc) is 2.77. The van der Waals surface area contributed by atoms with Crippen molar-refractivity contribution in [2.24, 2.45) is 0 Å². The van der Waals surface area contributed by atoms with Crippen molar-refractivity contribution in [2.75, 3.05) is 7.11 Å². The number of aliphatic carboxylic acids is 1. The number of methoxy groups -OCH3 is 1. The van der Waals surface area contributed by atoms with E-state index in [4.69, 9.17) is 4.74 Å². The van der Waals surface area contributed by atoms with Gasteiger partial charge in [-0.05, 0) is 48.2 Å². The Balaban J connectivity index is 1.88. The van der Waals surface area contributed by atoms with Crippen molar-refractivity contribution >= 4 is 5.97 Å². The zero-order valence-corrected chi connectivity index (χ0v) is 18.1. The van der Waals surface area contributed by atoms with E-state index in [1.807, 2.05) is 68.4 Å². The number of aryl methyl sites for hydroxylation is 1. The highest BCUT2D eigenvalue weighted by atomic mass is 16.5. The van der Waals surface area contributed by atoms with E-state index < -0.39 is 12.1 Å². The number of hydrogen-bond donors (Lipinski definition) is 3. The molecule has 3 aromatic rings. The summed E-state index contributed by atoms with van der Waals surface area (Å²) in [7, 11) is 1.61. The molecule has 0 amide bonds. The van der Waals surface area contributed by atoms with Gasteiger partial charge in [-0.2, -0.15) is 0 Å². The number of carbonyl (C=O) groups is 1. The molecule has 5 nitrogen and oxygen atoms in total. The molecule has 0 heterocycles. The Morgan fingerprint density at radius 2 is 1.77 bits per heavy atom. The van der Waals surface area contributed by atoms with Crippen molar-refractivity contribution < 1.29 is 19.7 Å². The van der Waals surface area contributed by atoms with Crippen LogP contribution >= 0.6 is 0 Å². The van der Waals surface area contributed by atoms with Crippen LogP contribution in [0.5, 0.6) is 5.75 Å². The van der Waals surface area contributed by atoms with Crippen LogP contribution in [0.1, 0.15) is 35.3 Å². The van der Waals surface area contributed by atoms with Crippen LogP contribution in [0, 0.1) is 6.92 Å². The highest BCUT2D eigenvalue weighted by Gasteiger charge is 2.18. The fourth-order valence-corrected chi connectivity index (χ4v) is 3.70. The predicted octanol–water partition coefficient (Wildman–Crippen LogP) is 4.51. The number of benzene rings is 3. The summed E-state index contributed by atoms with van der Waals surface area (Å²) in [5.74, 6) is -0.178. The number of carboxylic acid groups (broad SMARTS) is 1. The summed E-state index contributed by atoms with van der Waals surface area (Å²) in [5, 5.41) is 23.3. The first-order chi connectivity index (χ1) is 14.9. The molecule has 0 spiro atoms. The molecule has 3 rings (SSSR count). The number of carboxylic acids is 1. The zero-order chi connectivity index (χ0) is 22.4. The molecular weight excluding hydrogens is 390 g/mol. The molecule has 0 aliphatic heterocycles. The number of aliphatic hydroxyl groups excluding tert-OH is 1. The summed E-state index contributed by atoms with van der Waals surface area (Å²) in [4.78, 5) is 11.2. The fraction of sp³-hybridized carbons (Fsp3) is 0.269. The second-order valence-corrected chi connectivity index (χ2v) is 7.79. The van der Waals surface area contributed by atoms with E-state index in [0.29, 0.717) is 12.3 Å². The van der Waals surface area contributed by atoms with Crippen LogP contribution in [0.4, 0.5) is 0 Å². The van der Waals surface area contributed by atoms with Crippen LogP contribution in [0.15, 0.2) is 66.7 Å². The van der Waals surface area contributed by atoms with Crippen LogP contribution in [0.2, 0.25) is 0 Å². The summed E-state index contributed by atoms with van der Waals surface area (Å²) < 4.78 is 5.56. The largest absolute Gasteiger partial charge is 0.496 e. The maximum absolute atomic E-state index is 11.2. The van der Waals surface area contributed by atoms with Gasteiger partial charge in [0.1, 0.15) is 5.75 Å². The monoisotopic (exact) mass is 419 g/mol. The number of rotatable bonds is 9. The lowest BCUT2D eigenvalue weighted by Gasteiger charge is -2.22. The molecule has 0 saturated heterocycles. The van der Waals surface area contributed by atoms with Crippen molar-refractivity contribution in [3.63, 3.8) is 0 Å². The van der Waals surface area contributed by atoms with Crippen LogP contribution in [0.25, 0.3) is 11.1 Å². The Kier molecular flexibility index (Phi) is 7.45. The standard InChI is InChI=1S/C26H29NO4/c1-17-9-11-22(23-14-19(15-25(28)29)10-12-24(23)31-3)21(13-17)16-27-18(2)26(30)20-7-5-4-6-8-20/h4-14,18,26-27,30H,15-16H2,1-3H3,(H,28,29)/t18-,26-/m0/s1. The Hall–Kier alpha value is -3.15. The molecular formula is C26H29NO4. The number of aliphatic hydroxyl groups is 1. The van der Waals surface area contributed by atoms with Crippen molar-refractivity contribution in [3.8, 4) is 16.9 Å². The van der Waals surface area contributed by atoms with E-state index in [1.165, 1.54) is 0 Å². The van der Waals surface area contributed by atoms with Gasteiger partial charge in [0.2, 0.25) is 0 Å². The van der Waals surface area contributed by atoms with E-state index >= 15 is 0 Å². The molecule has 0 radical (unpaired) electrons. The minimum absolute atomic E-state index is 0.0449. The van der Waals surface area contributed by atoms with Gasteiger partial charge in [-0.25, -0.2) is 0 Å². The van der Waals surface area contributed by atoms with Gasteiger partial charge in [0.05, 0.1) is 19.6 Å². The van der Waals surface area contributed by atoms with Crippen molar-refractivity contribution in [3.05, 3.63) is 89.0 Å². The number of hydrogen-bond acceptors (Lipinski definition) is 4. The van der Waals surface area contributed by atoms with E-state index in [9.17, 15) is 15.0 Å². The summed E-state index contributed by atoms with van der Waals surface area (Å²) in [6.07, 6.45) is -0.667. The molecule has 3 N–H and O–H groups in total. The summed E-state index contributed by atoms with van der Waals surface area (Å²) in [6, 6.07) is 21.1. The van der Waals surface area contributed by atoms with Gasteiger partial charge < -0.3 is 20.3 Å². The van der Waals surface area contributed by atoms with Gasteiger partial charge in [-0.1, -0.05) is 60.2 Å². The highest BCUT2D eigenvalue weighted by Crippen LogP contribution is 2.34. The Morgan fingerprint density at radius 1 is 1.03 bits per heavy atom. The van der Waals surface area contributed by atoms with E-state index in [0.717, 1.165) is 33.4 Å². The molecule has 0 fully saturated rings. The van der Waals surface area contributed by atoms with Crippen LogP contribution in [-0.4, -0.2) is 29.3 Å². The molecule has 31 heavy (non-hydrogen) atoms. The topological polar surface area (TPSA) is 78.8 Å². The molecule has 3 aromatic carbocycles. The van der Waals surface area contributed by atoms with Gasteiger partial charge in [0.25, 0.3) is 0 Å². The van der Waals surface area contributed by atoms with Crippen molar-refractivity contribution in [1.82, 2.24) is 5.32 Å². The molecule has 0 aromatic heterocycles. The van der Waals surface area contributed by atoms with Gasteiger partial charge >= 0.3 is 5.97 Å². The lowest BCUT2D eigenvalue weighted by Crippen LogP contribution is -2.31. The quantitative estimate of drug-likeness (QED) is 0.476. The first-order valence-corrected chi connectivity index (χ1v) is 10.3. The Morgan fingerprint density at radius 3 is 2.45 bits per heavy atom. The average molecular weight is 420 g/mol. The second kappa shape index (κ2) is 10.2. The normalized spacial score (nSPS) is 12.9. The van der Waals surface area contributed by atoms with E-state index in [2.05, 4.69) is 11.4 Å². The fourth-order valence-electron chi connectivity index (χ4n) is 3.70. The van der Waals surface area contributed by atoms with Crippen LogP contribution < -0.4 is 10.1 Å². The number of nitrogens with one attached hydrogen (secondary N) is 1. The Bertz CT molecular complexity index is 1030. The third-order valence-corrected chi connectivity index (χ3v) is 5.40. The SMILES string of the molecule is COc1ccc(CC(=O)O)cc1-c1ccc(C)cc1CN[C@@H](C)[C@H](O)c1ccccc1. The third kappa shape index (κ3) is 5.72. The predicted molar refractivity (Wildman–Crippen MR) is 122 cm³/mol. The minimum Gasteiger partial charge on any atom is -0.496 e. The van der Waals surface area contributed by atoms with Gasteiger partial charge in [-0.3, -0.25) is 4.79 Å². The molecule has 2 atom stereocenters. The summed E-state index contributed by atoms with van der Waals surface area (Å²) in [5.41, 5.74) is 5.60. The molecule has 0 aliphatic carbocycles. The second-order valence-electron chi connectivity index (χ2n) is 7.79. The van der Waals surface area contributed by atoms with Crippen LogP contribution in [0.3, 0.4) is 0 Å². The first-order valence-electron chi connectivity index (χ1n) is 10.3. The Labute approximate surface area is 183 Å². The van der Waals surface area contributed by atoms with E-state index in [1.54, 1.807) is 13.2 Å². The zero-order valence-electron chi connectivity index (χ0n) is 18.1. The first kappa shape index (κ1) is 22.5. The minimum atomic E-state index is -0.870. The smallest absolute Gasteiger partial charge is 0.307 e. The number of ether oxygens (including phenoxy) is 1. The molecule has 5 heteroatoms. The lowest BCUT2D eigenvalue weighted by molar-refractivity contribution is -0.136. The maximum Gasteiger partial charge on any atom is 0.307 e. The molecule has 0 saturated carbocycles. The lowest BCUT2D eigenvalue weighted by atomic mass is 9.94. The van der Waals surface area contributed by atoms with Crippen molar-refractivity contribution in [1.29, 1.82) is 0 Å².